The molecule has 0 saturated heterocycles. The molecule has 1 rings (SSSR count). The summed E-state index contributed by atoms with van der Waals surface area (Å²) in [6, 6.07) is 4.83. The summed E-state index contributed by atoms with van der Waals surface area (Å²) in [5, 5.41) is 29.5. The van der Waals surface area contributed by atoms with E-state index in [1.54, 1.807) is 12.1 Å². The number of nitrogens with one attached hydrogen (secondary N) is 1. The Balaban J connectivity index is 3.20. The van der Waals surface area contributed by atoms with E-state index in [1.807, 2.05) is 0 Å². The Morgan fingerprint density at radius 1 is 1.10 bits per heavy atom. The van der Waals surface area contributed by atoms with Gasteiger partial charge in [-0.2, -0.15) is 0 Å². The number of anilines is 1. The van der Waals surface area contributed by atoms with E-state index in [4.69, 9.17) is 15.3 Å². The summed E-state index contributed by atoms with van der Waals surface area (Å²) < 4.78 is 24.2. The summed E-state index contributed by atoms with van der Waals surface area (Å²) >= 11 is 1.32. The van der Waals surface area contributed by atoms with Crippen molar-refractivity contribution < 1.29 is 23.7 Å². The molecule has 1 aromatic rings. The van der Waals surface area contributed by atoms with E-state index in [0.717, 1.165) is 0 Å². The van der Waals surface area contributed by atoms with Crippen molar-refractivity contribution in [1.82, 2.24) is 0 Å². The highest BCUT2D eigenvalue weighted by molar-refractivity contribution is 7.99. The topological polar surface area (TPSA) is 107 Å². The van der Waals surface area contributed by atoms with Crippen LogP contribution in [0.25, 0.3) is 0 Å². The molecule has 0 heterocycles. The predicted molar refractivity (Wildman–Crippen MR) is 79.0 cm³/mol. The van der Waals surface area contributed by atoms with Gasteiger partial charge < -0.3 is 20.6 Å². The molecule has 0 aliphatic carbocycles. The molecule has 6 nitrogen and oxygen atoms in total. The third-order valence-electron chi connectivity index (χ3n) is 2.45. The molecule has 4 N–H and O–H groups in total. The lowest BCUT2D eigenvalue weighted by Crippen LogP contribution is -2.15. The van der Waals surface area contributed by atoms with Crippen LogP contribution in [0.5, 0.6) is 0 Å². The van der Waals surface area contributed by atoms with Crippen LogP contribution in [0.2, 0.25) is 0 Å². The number of sulfone groups is 1. The minimum Gasteiger partial charge on any atom is -0.396 e. The van der Waals surface area contributed by atoms with Gasteiger partial charge in [-0.15, -0.1) is 11.8 Å². The number of aliphatic hydroxyl groups is 3. The average Bonchev–Trinajstić information content (AvgIpc) is 2.42. The number of aliphatic hydroxyl groups excluding tert-OH is 3. The minimum absolute atomic E-state index is 0.0161. The van der Waals surface area contributed by atoms with Gasteiger partial charge in [0.2, 0.25) is 0 Å². The zero-order valence-electron chi connectivity index (χ0n) is 10.9. The highest BCUT2D eigenvalue weighted by Gasteiger charge is 2.20. The second-order valence-electron chi connectivity index (χ2n) is 3.89. The number of rotatable bonds is 9. The normalized spacial score (nSPS) is 11.6. The maximum atomic E-state index is 12.1. The van der Waals surface area contributed by atoms with Gasteiger partial charge in [0, 0.05) is 17.2 Å². The highest BCUT2D eigenvalue weighted by Crippen LogP contribution is 2.33. The summed E-state index contributed by atoms with van der Waals surface area (Å²) in [4.78, 5) is 0.787. The lowest BCUT2D eigenvalue weighted by Gasteiger charge is -2.15. The Morgan fingerprint density at radius 2 is 1.85 bits per heavy atom. The van der Waals surface area contributed by atoms with E-state index in [0.29, 0.717) is 16.3 Å². The number of para-hydroxylation sites is 1. The fourth-order valence-electron chi connectivity index (χ4n) is 1.63. The lowest BCUT2D eigenvalue weighted by atomic mass is 10.3. The maximum absolute atomic E-state index is 12.1. The van der Waals surface area contributed by atoms with Gasteiger partial charge in [0.15, 0.2) is 9.84 Å². The number of hydrogen-bond acceptors (Lipinski definition) is 7. The first-order valence-corrected chi connectivity index (χ1v) is 8.75. The molecule has 0 saturated carbocycles. The fourth-order valence-corrected chi connectivity index (χ4v) is 3.75. The summed E-state index contributed by atoms with van der Waals surface area (Å²) in [5.74, 6) is 0.0895. The average molecular weight is 321 g/mol. The van der Waals surface area contributed by atoms with Crippen LogP contribution in [0.3, 0.4) is 0 Å². The maximum Gasteiger partial charge on any atom is 0.182 e. The second-order valence-corrected chi connectivity index (χ2v) is 7.11. The van der Waals surface area contributed by atoms with E-state index in [2.05, 4.69) is 5.32 Å². The SMILES string of the molecule is O=S(=O)(CCO)c1cccc(SCCO)c1NCCO. The zero-order valence-corrected chi connectivity index (χ0v) is 12.6. The van der Waals surface area contributed by atoms with Gasteiger partial charge in [-0.05, 0) is 12.1 Å². The van der Waals surface area contributed by atoms with Crippen molar-refractivity contribution in [3.8, 4) is 0 Å². The summed E-state index contributed by atoms with van der Waals surface area (Å²) in [5.41, 5.74) is 0.411. The van der Waals surface area contributed by atoms with Crippen molar-refractivity contribution in [2.75, 3.05) is 43.2 Å². The first-order chi connectivity index (χ1) is 9.56. The molecule has 8 heteroatoms. The van der Waals surface area contributed by atoms with Crippen LogP contribution in [0.4, 0.5) is 5.69 Å². The van der Waals surface area contributed by atoms with Crippen molar-refractivity contribution in [2.24, 2.45) is 0 Å². The van der Waals surface area contributed by atoms with Gasteiger partial charge in [-0.1, -0.05) is 6.07 Å². The third-order valence-corrected chi connectivity index (χ3v) is 5.21. The molecule has 0 atom stereocenters. The van der Waals surface area contributed by atoms with Gasteiger partial charge >= 0.3 is 0 Å². The molecule has 0 spiro atoms. The molecule has 0 aliphatic heterocycles. The Hall–Kier alpha value is -0.800. The second kappa shape index (κ2) is 8.48. The molecule has 0 bridgehead atoms. The lowest BCUT2D eigenvalue weighted by molar-refractivity contribution is 0.311. The van der Waals surface area contributed by atoms with Gasteiger partial charge in [-0.25, -0.2) is 8.42 Å². The predicted octanol–water partition coefficient (Wildman–Crippen LogP) is -0.0588. The Kier molecular flexibility index (Phi) is 7.31. The molecule has 0 unspecified atom stereocenters. The molecule has 114 valence electrons. The van der Waals surface area contributed by atoms with E-state index in [9.17, 15) is 8.42 Å². The highest BCUT2D eigenvalue weighted by atomic mass is 32.2. The monoisotopic (exact) mass is 321 g/mol. The Morgan fingerprint density at radius 3 is 2.45 bits per heavy atom. The zero-order chi connectivity index (χ0) is 15.0. The molecule has 0 aromatic heterocycles. The van der Waals surface area contributed by atoms with Gasteiger partial charge in [0.05, 0.1) is 36.2 Å². The molecule has 0 radical (unpaired) electrons. The fraction of sp³-hybridized carbons (Fsp3) is 0.500. The van der Waals surface area contributed by atoms with Crippen molar-refractivity contribution in [1.29, 1.82) is 0 Å². The van der Waals surface area contributed by atoms with Crippen LogP contribution in [-0.4, -0.2) is 61.6 Å². The van der Waals surface area contributed by atoms with Crippen molar-refractivity contribution in [3.63, 3.8) is 0 Å². The van der Waals surface area contributed by atoms with E-state index in [1.165, 1.54) is 17.8 Å². The third kappa shape index (κ3) is 4.64. The van der Waals surface area contributed by atoms with Crippen LogP contribution in [-0.2, 0) is 9.84 Å². The van der Waals surface area contributed by atoms with Crippen molar-refractivity contribution in [3.05, 3.63) is 18.2 Å². The molecular formula is C12H19NO5S2. The summed E-state index contributed by atoms with van der Waals surface area (Å²) in [7, 11) is -3.59. The van der Waals surface area contributed by atoms with Crippen LogP contribution >= 0.6 is 11.8 Å². The Labute approximate surface area is 122 Å². The van der Waals surface area contributed by atoms with Crippen LogP contribution in [0.15, 0.2) is 28.0 Å². The van der Waals surface area contributed by atoms with Gasteiger partial charge in [-0.3, -0.25) is 0 Å². The Bertz CT molecular complexity index is 519. The molecule has 0 fully saturated rings. The van der Waals surface area contributed by atoms with Crippen LogP contribution < -0.4 is 5.32 Å². The summed E-state index contributed by atoms with van der Waals surface area (Å²) in [6.45, 7) is -0.371. The number of thioether (sulfide) groups is 1. The van der Waals surface area contributed by atoms with Gasteiger partial charge in [0.25, 0.3) is 0 Å². The van der Waals surface area contributed by atoms with E-state index < -0.39 is 16.4 Å². The molecule has 0 amide bonds. The quantitative estimate of drug-likeness (QED) is 0.472. The number of hydrogen-bond donors (Lipinski definition) is 4. The number of benzene rings is 1. The molecule has 20 heavy (non-hydrogen) atoms. The largest absolute Gasteiger partial charge is 0.396 e. The first-order valence-electron chi connectivity index (χ1n) is 6.12. The minimum atomic E-state index is -3.59. The van der Waals surface area contributed by atoms with Crippen molar-refractivity contribution >= 4 is 27.3 Å². The van der Waals surface area contributed by atoms with Gasteiger partial charge in [0.1, 0.15) is 0 Å². The summed E-state index contributed by atoms with van der Waals surface area (Å²) in [6.07, 6.45) is 0. The molecular weight excluding hydrogens is 302 g/mol. The smallest absolute Gasteiger partial charge is 0.182 e. The standard InChI is InChI=1S/C12H19NO5S2/c14-5-4-13-12-10(19-8-6-15)2-1-3-11(12)20(17,18)9-7-16/h1-3,13-16H,4-9H2. The van der Waals surface area contributed by atoms with Crippen LogP contribution in [0, 0.1) is 0 Å². The van der Waals surface area contributed by atoms with Crippen molar-refractivity contribution in [2.45, 2.75) is 9.79 Å². The molecule has 1 aromatic carbocycles. The molecule has 0 aliphatic rings. The van der Waals surface area contributed by atoms with E-state index in [-0.39, 0.29) is 30.4 Å². The van der Waals surface area contributed by atoms with E-state index >= 15 is 0 Å². The van der Waals surface area contributed by atoms with Crippen LogP contribution in [0.1, 0.15) is 0 Å². The first kappa shape index (κ1) is 17.3.